The van der Waals surface area contributed by atoms with E-state index >= 15 is 0 Å². The number of nitro benzene ring substituents is 1. The third-order valence-electron chi connectivity index (χ3n) is 3.28. The molecule has 26 heavy (non-hydrogen) atoms. The zero-order valence-electron chi connectivity index (χ0n) is 13.7. The fourth-order valence-corrected chi connectivity index (χ4v) is 1.97. The van der Waals surface area contributed by atoms with Gasteiger partial charge in [-0.1, -0.05) is 42.2 Å². The summed E-state index contributed by atoms with van der Waals surface area (Å²) in [6, 6.07) is 11.1. The van der Waals surface area contributed by atoms with Gasteiger partial charge in [-0.05, 0) is 5.56 Å². The van der Waals surface area contributed by atoms with Crippen LogP contribution in [0.25, 0.3) is 0 Å². The Hall–Kier alpha value is -3.60. The molecule has 134 valence electrons. The van der Waals surface area contributed by atoms with Gasteiger partial charge in [-0.2, -0.15) is 0 Å². The van der Waals surface area contributed by atoms with Gasteiger partial charge >= 0.3 is 6.09 Å². The molecular weight excluding hydrogens is 341 g/mol. The summed E-state index contributed by atoms with van der Waals surface area (Å²) in [5, 5.41) is 13.2. The van der Waals surface area contributed by atoms with Crippen LogP contribution in [-0.4, -0.2) is 17.6 Å². The van der Waals surface area contributed by atoms with Gasteiger partial charge in [0.25, 0.3) is 5.69 Å². The first-order valence-corrected chi connectivity index (χ1v) is 7.64. The molecule has 0 fully saturated rings. The quantitative estimate of drug-likeness (QED) is 0.281. The fourth-order valence-electron chi connectivity index (χ4n) is 1.97. The Kier molecular flexibility index (Phi) is 6.51. The molecule has 0 saturated carbocycles. The van der Waals surface area contributed by atoms with Crippen molar-refractivity contribution in [1.82, 2.24) is 5.32 Å². The van der Waals surface area contributed by atoms with E-state index in [2.05, 4.69) is 17.2 Å². The summed E-state index contributed by atoms with van der Waals surface area (Å²) in [6.45, 7) is 0.361. The Morgan fingerprint density at radius 3 is 2.73 bits per heavy atom. The van der Waals surface area contributed by atoms with Crippen LogP contribution in [0.15, 0.2) is 42.5 Å². The minimum absolute atomic E-state index is 0.0309. The van der Waals surface area contributed by atoms with E-state index in [-0.39, 0.29) is 30.8 Å². The number of carbonyl (C=O) groups is 1. The zero-order chi connectivity index (χ0) is 18.9. The zero-order valence-corrected chi connectivity index (χ0v) is 13.7. The normalized spacial score (nSPS) is 9.73. The minimum atomic E-state index is -0.897. The van der Waals surface area contributed by atoms with Gasteiger partial charge < -0.3 is 15.8 Å². The van der Waals surface area contributed by atoms with Gasteiger partial charge in [-0.15, -0.1) is 0 Å². The van der Waals surface area contributed by atoms with Crippen molar-refractivity contribution in [3.63, 3.8) is 0 Å². The smallest absolute Gasteiger partial charge is 0.407 e. The molecule has 0 aliphatic carbocycles. The maximum absolute atomic E-state index is 13.5. The van der Waals surface area contributed by atoms with E-state index < -0.39 is 22.5 Å². The summed E-state index contributed by atoms with van der Waals surface area (Å²) in [4.78, 5) is 21.5. The van der Waals surface area contributed by atoms with Gasteiger partial charge in [0, 0.05) is 19.0 Å². The number of nitrogens with zero attached hydrogens (tertiary/aromatic N) is 1. The molecule has 7 nitrogen and oxygen atoms in total. The Morgan fingerprint density at radius 2 is 2.04 bits per heavy atom. The number of ether oxygens (including phenoxy) is 1. The first kappa shape index (κ1) is 18.7. The van der Waals surface area contributed by atoms with Crippen molar-refractivity contribution in [3.05, 3.63) is 69.5 Å². The number of rotatable bonds is 5. The van der Waals surface area contributed by atoms with Crippen molar-refractivity contribution < 1.29 is 18.8 Å². The van der Waals surface area contributed by atoms with Crippen molar-refractivity contribution in [2.24, 2.45) is 0 Å². The third-order valence-corrected chi connectivity index (χ3v) is 3.28. The Balaban J connectivity index is 1.82. The van der Waals surface area contributed by atoms with Gasteiger partial charge in [0.1, 0.15) is 6.61 Å². The van der Waals surface area contributed by atoms with Gasteiger partial charge in [0.05, 0.1) is 22.2 Å². The Morgan fingerprint density at radius 1 is 1.31 bits per heavy atom. The lowest BCUT2D eigenvalue weighted by molar-refractivity contribution is -0.385. The monoisotopic (exact) mass is 357 g/mol. The van der Waals surface area contributed by atoms with Crippen LogP contribution in [0.2, 0.25) is 0 Å². The SMILES string of the molecule is Nc1c(F)cc([N+](=O)[O-])cc1C#CCCNC(=O)OCc1ccccc1. The molecule has 2 aromatic carbocycles. The van der Waals surface area contributed by atoms with Gasteiger partial charge in [0.15, 0.2) is 5.82 Å². The van der Waals surface area contributed by atoms with E-state index in [1.54, 1.807) is 0 Å². The van der Waals surface area contributed by atoms with E-state index in [4.69, 9.17) is 10.5 Å². The molecule has 8 heteroatoms. The number of alkyl carbamates (subject to hydrolysis) is 1. The number of non-ortho nitro benzene ring substituents is 1. The topological polar surface area (TPSA) is 107 Å². The highest BCUT2D eigenvalue weighted by Crippen LogP contribution is 2.22. The lowest BCUT2D eigenvalue weighted by atomic mass is 10.1. The average molecular weight is 357 g/mol. The molecule has 0 unspecified atom stereocenters. The predicted octanol–water partition coefficient (Wildman–Crippen LogP) is 2.98. The largest absolute Gasteiger partial charge is 0.445 e. The highest BCUT2D eigenvalue weighted by Gasteiger charge is 2.13. The van der Waals surface area contributed by atoms with Crippen LogP contribution >= 0.6 is 0 Å². The molecule has 0 saturated heterocycles. The van der Waals surface area contributed by atoms with Crippen LogP contribution in [0.4, 0.5) is 20.6 Å². The number of carbonyl (C=O) groups excluding carboxylic acids is 1. The number of amides is 1. The van der Waals surface area contributed by atoms with E-state index in [1.165, 1.54) is 0 Å². The lowest BCUT2D eigenvalue weighted by Gasteiger charge is -2.05. The van der Waals surface area contributed by atoms with E-state index in [9.17, 15) is 19.3 Å². The average Bonchev–Trinajstić information content (AvgIpc) is 2.63. The number of nitro groups is 1. The first-order chi connectivity index (χ1) is 12.5. The van der Waals surface area contributed by atoms with Crippen LogP contribution in [-0.2, 0) is 11.3 Å². The summed E-state index contributed by atoms with van der Waals surface area (Å²) in [5.41, 5.74) is 5.74. The summed E-state index contributed by atoms with van der Waals surface area (Å²) >= 11 is 0. The molecule has 0 aliphatic rings. The molecule has 0 bridgehead atoms. The molecule has 3 N–H and O–H groups in total. The second-order valence-electron chi connectivity index (χ2n) is 5.19. The number of hydrogen-bond acceptors (Lipinski definition) is 5. The number of hydrogen-bond donors (Lipinski definition) is 2. The molecule has 2 aromatic rings. The maximum atomic E-state index is 13.5. The number of nitrogens with two attached hydrogens (primary N) is 1. The van der Waals surface area contributed by atoms with E-state index in [0.717, 1.165) is 17.7 Å². The van der Waals surface area contributed by atoms with Gasteiger partial charge in [0.2, 0.25) is 0 Å². The summed E-state index contributed by atoms with van der Waals surface area (Å²) in [7, 11) is 0. The highest BCUT2D eigenvalue weighted by molar-refractivity contribution is 5.67. The van der Waals surface area contributed by atoms with Gasteiger partial charge in [-0.25, -0.2) is 9.18 Å². The molecule has 0 aliphatic heterocycles. The Labute approximate surface area is 149 Å². The van der Waals surface area contributed by atoms with Crippen LogP contribution in [0, 0.1) is 27.8 Å². The summed E-state index contributed by atoms with van der Waals surface area (Å²) in [6.07, 6.45) is -0.346. The predicted molar refractivity (Wildman–Crippen MR) is 93.6 cm³/mol. The van der Waals surface area contributed by atoms with Crippen molar-refractivity contribution in [2.75, 3.05) is 12.3 Å². The molecule has 0 atom stereocenters. The molecular formula is C18H16FN3O4. The molecule has 2 rings (SSSR count). The Bertz CT molecular complexity index is 860. The molecule has 1 amide bonds. The third kappa shape index (κ3) is 5.49. The van der Waals surface area contributed by atoms with E-state index in [1.807, 2.05) is 30.3 Å². The van der Waals surface area contributed by atoms with Crippen LogP contribution < -0.4 is 11.1 Å². The molecule has 0 aromatic heterocycles. The molecule has 0 radical (unpaired) electrons. The number of nitrogen functional groups attached to an aromatic ring is 1. The standard InChI is InChI=1S/C18H16FN3O4/c19-16-11-15(22(24)25)10-14(17(16)20)8-4-5-9-21-18(23)26-12-13-6-2-1-3-7-13/h1-3,6-7,10-11H,5,9,12,20H2,(H,21,23). The van der Waals surface area contributed by atoms with Crippen molar-refractivity contribution in [2.45, 2.75) is 13.0 Å². The van der Waals surface area contributed by atoms with Gasteiger partial charge in [-0.3, -0.25) is 10.1 Å². The summed E-state index contributed by atoms with van der Waals surface area (Å²) in [5.74, 6) is 4.35. The number of benzene rings is 2. The maximum Gasteiger partial charge on any atom is 0.407 e. The number of halogens is 1. The molecule has 0 heterocycles. The second-order valence-corrected chi connectivity index (χ2v) is 5.19. The van der Waals surface area contributed by atoms with Crippen LogP contribution in [0.3, 0.4) is 0 Å². The van der Waals surface area contributed by atoms with Crippen molar-refractivity contribution in [1.29, 1.82) is 0 Å². The highest BCUT2D eigenvalue weighted by atomic mass is 19.1. The number of nitrogens with one attached hydrogen (secondary N) is 1. The molecule has 0 spiro atoms. The number of anilines is 1. The van der Waals surface area contributed by atoms with E-state index in [0.29, 0.717) is 0 Å². The fraction of sp³-hybridized carbons (Fsp3) is 0.167. The minimum Gasteiger partial charge on any atom is -0.445 e. The van der Waals surface area contributed by atoms with Crippen molar-refractivity contribution >= 4 is 17.5 Å². The van der Waals surface area contributed by atoms with Crippen LogP contribution in [0.1, 0.15) is 17.5 Å². The first-order valence-electron chi connectivity index (χ1n) is 7.64. The summed E-state index contributed by atoms with van der Waals surface area (Å²) < 4.78 is 18.6. The lowest BCUT2D eigenvalue weighted by Crippen LogP contribution is -2.24. The van der Waals surface area contributed by atoms with Crippen LogP contribution in [0.5, 0.6) is 0 Å². The second kappa shape index (κ2) is 9.03. The van der Waals surface area contributed by atoms with Crippen molar-refractivity contribution in [3.8, 4) is 11.8 Å².